The zero-order valence-corrected chi connectivity index (χ0v) is 28.0. The second kappa shape index (κ2) is 13.4. The van der Waals surface area contributed by atoms with E-state index in [2.05, 4.69) is 23.6 Å². The number of benzene rings is 3. The molecule has 2 aliphatic heterocycles. The summed E-state index contributed by atoms with van der Waals surface area (Å²) in [6.45, 7) is -0.691. The summed E-state index contributed by atoms with van der Waals surface area (Å²) in [6, 6.07) is 21.4. The van der Waals surface area contributed by atoms with Crippen LogP contribution in [-0.4, -0.2) is 65.4 Å². The van der Waals surface area contributed by atoms with Crippen molar-refractivity contribution in [2.75, 3.05) is 12.3 Å². The molecule has 17 nitrogen and oxygen atoms in total. The van der Waals surface area contributed by atoms with Crippen molar-refractivity contribution in [1.82, 2.24) is 19.5 Å². The van der Waals surface area contributed by atoms with E-state index in [9.17, 15) is 28.4 Å². The molecule has 0 radical (unpaired) electrons. The van der Waals surface area contributed by atoms with Crippen LogP contribution < -0.4 is 5.73 Å². The molecule has 20 heteroatoms. The van der Waals surface area contributed by atoms with Crippen molar-refractivity contribution >= 4 is 51.0 Å². The first kappa shape index (κ1) is 34.1. The second-order valence-electron chi connectivity index (χ2n) is 11.3. The van der Waals surface area contributed by atoms with Crippen LogP contribution in [0.1, 0.15) is 17.4 Å². The van der Waals surface area contributed by atoms with Gasteiger partial charge in [0.1, 0.15) is 30.2 Å². The molecule has 0 amide bonds. The minimum atomic E-state index is -5.64. The standard InChI is InChI=1S/C29H30N5O12P3/c30-27-24-28(32-16-31-27)34(17-33-24)29-26-25(43-23(44-26)13-18-7-2-1-3-8-18)22(42-29)14-41-48(37,38)46-49(39,40)45-47(35,36)15-20-11-6-10-19-9-4-5-12-21(19)20/h1-12,16-17,22-23,25-26,29H,13-15H2,(H,35,36)(H,37,38)(H,39,40)(H2,30,31,32)/t22-,23?,25+,26+,29-/m1/s1. The molecule has 2 aromatic heterocycles. The van der Waals surface area contributed by atoms with E-state index in [1.807, 2.05) is 30.3 Å². The zero-order chi connectivity index (χ0) is 34.4. The van der Waals surface area contributed by atoms with Crippen LogP contribution in [0.2, 0.25) is 0 Å². The predicted octanol–water partition coefficient (Wildman–Crippen LogP) is 4.45. The first-order chi connectivity index (χ1) is 23.4. The number of hydrogen-bond acceptors (Lipinski definition) is 13. The normalized spacial score (nSPS) is 25.9. The Morgan fingerprint density at radius 1 is 0.816 bits per heavy atom. The molecule has 4 heterocycles. The van der Waals surface area contributed by atoms with Crippen LogP contribution in [-0.2, 0) is 53.6 Å². The number of anilines is 1. The van der Waals surface area contributed by atoms with E-state index in [0.717, 1.165) is 10.9 Å². The lowest BCUT2D eigenvalue weighted by Crippen LogP contribution is -2.31. The number of nitrogens with zero attached hydrogens (tertiary/aromatic N) is 4. The molecule has 0 aliphatic carbocycles. The monoisotopic (exact) mass is 733 g/mol. The van der Waals surface area contributed by atoms with E-state index in [-0.39, 0.29) is 5.82 Å². The Bertz CT molecular complexity index is 2130. The number of phosphoric ester groups is 1. The van der Waals surface area contributed by atoms with Crippen molar-refractivity contribution in [2.24, 2.45) is 0 Å². The number of imidazole rings is 1. The number of hydrogen-bond donors (Lipinski definition) is 4. The van der Waals surface area contributed by atoms with Gasteiger partial charge in [0, 0.05) is 6.42 Å². The summed E-state index contributed by atoms with van der Waals surface area (Å²) >= 11 is 0. The van der Waals surface area contributed by atoms with Crippen LogP contribution in [0.25, 0.3) is 21.9 Å². The third kappa shape index (κ3) is 7.54. The highest BCUT2D eigenvalue weighted by atomic mass is 31.3. The highest BCUT2D eigenvalue weighted by Crippen LogP contribution is 2.68. The van der Waals surface area contributed by atoms with Gasteiger partial charge < -0.3 is 34.6 Å². The Morgan fingerprint density at radius 2 is 1.55 bits per heavy atom. The van der Waals surface area contributed by atoms with Gasteiger partial charge in [-0.2, -0.15) is 4.31 Å². The average Bonchev–Trinajstić information content (AvgIpc) is 3.74. The Kier molecular flexibility index (Phi) is 9.30. The van der Waals surface area contributed by atoms with Gasteiger partial charge in [-0.1, -0.05) is 72.8 Å². The Balaban J connectivity index is 1.05. The Morgan fingerprint density at radius 3 is 2.37 bits per heavy atom. The number of fused-ring (bicyclic) bond motifs is 3. The Labute approximate surface area is 278 Å². The molecular weight excluding hydrogens is 703 g/mol. The van der Waals surface area contributed by atoms with Crippen LogP contribution in [0.5, 0.6) is 0 Å². The number of ether oxygens (including phenoxy) is 3. The lowest BCUT2D eigenvalue weighted by molar-refractivity contribution is -0.149. The molecule has 4 unspecified atom stereocenters. The van der Waals surface area contributed by atoms with Crippen LogP contribution in [0.4, 0.5) is 5.82 Å². The summed E-state index contributed by atoms with van der Waals surface area (Å²) in [5, 5.41) is 1.38. The molecule has 0 bridgehead atoms. The molecule has 258 valence electrons. The molecule has 0 saturated carbocycles. The Hall–Kier alpha value is -3.40. The highest BCUT2D eigenvalue weighted by Gasteiger charge is 2.54. The van der Waals surface area contributed by atoms with Crippen molar-refractivity contribution < 1.29 is 55.7 Å². The molecule has 0 spiro atoms. The minimum absolute atomic E-state index is 0.141. The van der Waals surface area contributed by atoms with E-state index in [0.29, 0.717) is 28.5 Å². The molecule has 5 aromatic rings. The molecular formula is C29H30N5O12P3. The molecule has 5 N–H and O–H groups in total. The van der Waals surface area contributed by atoms with E-state index in [4.69, 9.17) is 24.5 Å². The number of aromatic nitrogens is 4. The number of phosphoric acid groups is 2. The van der Waals surface area contributed by atoms with Crippen molar-refractivity contribution in [2.45, 2.75) is 43.4 Å². The van der Waals surface area contributed by atoms with Gasteiger partial charge in [-0.15, -0.1) is 0 Å². The third-order valence-corrected chi connectivity index (χ3v) is 12.6. The molecule has 8 atom stereocenters. The minimum Gasteiger partial charge on any atom is -0.382 e. The van der Waals surface area contributed by atoms with Gasteiger partial charge in [-0.25, -0.2) is 28.4 Å². The molecule has 2 fully saturated rings. The number of nitrogens with two attached hydrogens (primary N) is 1. The lowest BCUT2D eigenvalue weighted by Gasteiger charge is -2.22. The summed E-state index contributed by atoms with van der Waals surface area (Å²) < 4.78 is 72.5. The first-order valence-corrected chi connectivity index (χ1v) is 19.6. The fourth-order valence-electron chi connectivity index (χ4n) is 5.89. The SMILES string of the molecule is Nc1ncnc2c1ncn2[C@@H]1O[C@H](COP(=O)(O)OP(=O)(O)OP(=O)(O)Cc2cccc3ccccc23)[C@@H]2OC(Cc3ccccc3)O[C@@H]21. The van der Waals surface area contributed by atoms with E-state index >= 15 is 0 Å². The first-order valence-electron chi connectivity index (χ1n) is 14.8. The van der Waals surface area contributed by atoms with Crippen LogP contribution in [0, 0.1) is 0 Å². The molecule has 7 rings (SSSR count). The van der Waals surface area contributed by atoms with E-state index < -0.39 is 66.8 Å². The fraction of sp³-hybridized carbons (Fsp3) is 0.276. The second-order valence-corrected chi connectivity index (χ2v) is 16.3. The summed E-state index contributed by atoms with van der Waals surface area (Å²) in [7, 11) is -15.9. The fourth-order valence-corrected chi connectivity index (χ4v) is 10.1. The summed E-state index contributed by atoms with van der Waals surface area (Å²) in [4.78, 5) is 43.5. The number of nitrogen functional groups attached to an aromatic ring is 1. The van der Waals surface area contributed by atoms with Crippen LogP contribution in [0.3, 0.4) is 0 Å². The largest absolute Gasteiger partial charge is 0.488 e. The molecule has 49 heavy (non-hydrogen) atoms. The topological polar surface area (TPSA) is 237 Å². The highest BCUT2D eigenvalue weighted by molar-refractivity contribution is 7.68. The van der Waals surface area contributed by atoms with Gasteiger partial charge in [0.15, 0.2) is 24.0 Å². The van der Waals surface area contributed by atoms with E-state index in [1.165, 1.54) is 12.7 Å². The summed E-state index contributed by atoms with van der Waals surface area (Å²) in [5.74, 6) is 0.141. The smallest absolute Gasteiger partial charge is 0.382 e. The average molecular weight is 734 g/mol. The quantitative estimate of drug-likeness (QED) is 0.130. The predicted molar refractivity (Wildman–Crippen MR) is 173 cm³/mol. The van der Waals surface area contributed by atoms with Gasteiger partial charge in [0.05, 0.1) is 19.1 Å². The van der Waals surface area contributed by atoms with Crippen LogP contribution in [0.15, 0.2) is 85.5 Å². The summed E-state index contributed by atoms with van der Waals surface area (Å²) in [5.41, 5.74) is 7.88. The van der Waals surface area contributed by atoms with Gasteiger partial charge in [0.2, 0.25) is 0 Å². The van der Waals surface area contributed by atoms with Crippen molar-refractivity contribution in [3.05, 3.63) is 96.6 Å². The molecule has 2 aliphatic rings. The van der Waals surface area contributed by atoms with Gasteiger partial charge in [-0.3, -0.25) is 13.7 Å². The lowest BCUT2D eigenvalue weighted by atomic mass is 10.1. The van der Waals surface area contributed by atoms with Crippen LogP contribution >= 0.6 is 23.2 Å². The molecule has 3 aromatic carbocycles. The zero-order valence-electron chi connectivity index (χ0n) is 25.3. The maximum absolute atomic E-state index is 12.9. The van der Waals surface area contributed by atoms with Gasteiger partial charge in [0.25, 0.3) is 0 Å². The van der Waals surface area contributed by atoms with Gasteiger partial charge >= 0.3 is 23.2 Å². The maximum Gasteiger partial charge on any atom is 0.488 e. The number of rotatable bonds is 12. The molecule has 2 saturated heterocycles. The van der Waals surface area contributed by atoms with Crippen molar-refractivity contribution in [1.29, 1.82) is 0 Å². The van der Waals surface area contributed by atoms with Gasteiger partial charge in [-0.05, 0) is 21.9 Å². The maximum atomic E-state index is 12.9. The summed E-state index contributed by atoms with van der Waals surface area (Å²) in [6.07, 6.45) is -1.98. The van der Waals surface area contributed by atoms with E-state index in [1.54, 1.807) is 47.0 Å². The van der Waals surface area contributed by atoms with Crippen molar-refractivity contribution in [3.63, 3.8) is 0 Å². The third-order valence-electron chi connectivity index (χ3n) is 7.90. The van der Waals surface area contributed by atoms with Crippen molar-refractivity contribution in [3.8, 4) is 0 Å².